The molecule has 0 spiro atoms. The minimum atomic E-state index is -4.31. The van der Waals surface area contributed by atoms with E-state index in [2.05, 4.69) is 15.3 Å². The molecule has 1 aliphatic rings. The van der Waals surface area contributed by atoms with E-state index in [1.807, 2.05) is 12.1 Å². The number of rotatable bonds is 2. The smallest absolute Gasteiger partial charge is 0.294 e. The summed E-state index contributed by atoms with van der Waals surface area (Å²) < 4.78 is 31.9. The van der Waals surface area contributed by atoms with Crippen LogP contribution >= 0.6 is 0 Å². The number of hydrogen-bond donors (Lipinski definition) is 4. The highest BCUT2D eigenvalue weighted by Gasteiger charge is 2.26. The van der Waals surface area contributed by atoms with Crippen LogP contribution in [0.2, 0.25) is 0 Å². The van der Waals surface area contributed by atoms with Gasteiger partial charge < -0.3 is 15.4 Å². The molecule has 8 heteroatoms. The number of aromatic amines is 1. The van der Waals surface area contributed by atoms with Gasteiger partial charge in [-0.05, 0) is 36.4 Å². The molecular weight excluding hydrogens is 330 g/mol. The number of nitrogens with one attached hydrogen (secondary N) is 2. The number of anilines is 1. The maximum absolute atomic E-state index is 11.4. The van der Waals surface area contributed by atoms with Crippen molar-refractivity contribution in [1.82, 2.24) is 9.97 Å². The summed E-state index contributed by atoms with van der Waals surface area (Å²) in [6.07, 6.45) is 4.23. The van der Waals surface area contributed by atoms with Crippen LogP contribution in [0, 0.1) is 0 Å². The topological polar surface area (TPSA) is 115 Å². The lowest BCUT2D eigenvalue weighted by Gasteiger charge is -2.05. The first-order valence-electron chi connectivity index (χ1n) is 7.14. The molecular formula is C16H13N3O4S. The van der Waals surface area contributed by atoms with Crippen LogP contribution in [-0.4, -0.2) is 34.3 Å². The molecule has 4 N–H and O–H groups in total. The highest BCUT2D eigenvalue weighted by Crippen LogP contribution is 2.37. The van der Waals surface area contributed by atoms with Crippen LogP contribution in [0.1, 0.15) is 11.1 Å². The van der Waals surface area contributed by atoms with Crippen molar-refractivity contribution in [3.8, 4) is 0 Å². The van der Waals surface area contributed by atoms with Crippen LogP contribution in [0.15, 0.2) is 47.6 Å². The molecule has 3 heterocycles. The average Bonchev–Trinajstić information content (AvgIpc) is 3.08. The molecule has 1 aliphatic heterocycles. The van der Waals surface area contributed by atoms with Crippen LogP contribution in [0.4, 0.5) is 5.69 Å². The maximum Gasteiger partial charge on any atom is 0.294 e. The summed E-state index contributed by atoms with van der Waals surface area (Å²) >= 11 is 0. The zero-order chi connectivity index (χ0) is 16.9. The van der Waals surface area contributed by atoms with E-state index in [1.165, 1.54) is 18.2 Å². The first-order chi connectivity index (χ1) is 11.4. The molecule has 7 nitrogen and oxygen atoms in total. The number of hydrogen-bond acceptors (Lipinski definition) is 5. The monoisotopic (exact) mass is 343 g/mol. The van der Waals surface area contributed by atoms with E-state index in [0.717, 1.165) is 16.6 Å². The fourth-order valence-corrected chi connectivity index (χ4v) is 3.35. The fourth-order valence-electron chi connectivity index (χ4n) is 2.84. The summed E-state index contributed by atoms with van der Waals surface area (Å²) in [6.45, 7) is 0. The minimum Gasteiger partial charge on any atom is -0.369 e. The van der Waals surface area contributed by atoms with E-state index < -0.39 is 16.3 Å². The van der Waals surface area contributed by atoms with Gasteiger partial charge in [-0.2, -0.15) is 8.42 Å². The van der Waals surface area contributed by atoms with Gasteiger partial charge in [-0.15, -0.1) is 0 Å². The van der Waals surface area contributed by atoms with E-state index >= 15 is 0 Å². The Morgan fingerprint density at radius 2 is 2.08 bits per heavy atom. The SMILES string of the molecule is O=S(=O)(O)c1ccc2c(c1)C(=Cc1c[nH]c3ncccc13)C(O)N2. The van der Waals surface area contributed by atoms with Crippen molar-refractivity contribution in [3.63, 3.8) is 0 Å². The lowest BCUT2D eigenvalue weighted by Crippen LogP contribution is -2.12. The second-order valence-electron chi connectivity index (χ2n) is 5.47. The minimum absolute atomic E-state index is 0.219. The summed E-state index contributed by atoms with van der Waals surface area (Å²) in [7, 11) is -4.31. The van der Waals surface area contributed by atoms with Crippen LogP contribution < -0.4 is 5.32 Å². The number of benzene rings is 1. The summed E-state index contributed by atoms with van der Waals surface area (Å²) in [5, 5.41) is 14.0. The summed E-state index contributed by atoms with van der Waals surface area (Å²) in [5.41, 5.74) is 3.17. The first-order valence-corrected chi connectivity index (χ1v) is 8.58. The molecule has 0 bridgehead atoms. The van der Waals surface area contributed by atoms with Gasteiger partial charge in [0.1, 0.15) is 5.65 Å². The van der Waals surface area contributed by atoms with Gasteiger partial charge >= 0.3 is 0 Å². The van der Waals surface area contributed by atoms with Crippen molar-refractivity contribution < 1.29 is 18.1 Å². The molecule has 0 fully saturated rings. The van der Waals surface area contributed by atoms with Gasteiger partial charge in [0.05, 0.1) is 4.90 Å². The second-order valence-corrected chi connectivity index (χ2v) is 6.89. The molecule has 1 aromatic carbocycles. The van der Waals surface area contributed by atoms with Crippen LogP contribution in [-0.2, 0) is 10.1 Å². The Morgan fingerprint density at radius 1 is 1.25 bits per heavy atom. The highest BCUT2D eigenvalue weighted by atomic mass is 32.2. The van der Waals surface area contributed by atoms with Crippen molar-refractivity contribution in [2.45, 2.75) is 11.1 Å². The Bertz CT molecular complexity index is 1090. The normalized spacial score (nSPS) is 18.8. The predicted molar refractivity (Wildman–Crippen MR) is 89.9 cm³/mol. The maximum atomic E-state index is 11.4. The number of pyridine rings is 1. The Hall–Kier alpha value is -2.68. The second kappa shape index (κ2) is 5.17. The lowest BCUT2D eigenvalue weighted by atomic mass is 10.0. The number of H-pyrrole nitrogens is 1. The Kier molecular flexibility index (Phi) is 3.20. The van der Waals surface area contributed by atoms with Gasteiger partial charge in [-0.3, -0.25) is 4.55 Å². The molecule has 0 radical (unpaired) electrons. The fraction of sp³-hybridized carbons (Fsp3) is 0.0625. The third-order valence-electron chi connectivity index (χ3n) is 3.98. The number of fused-ring (bicyclic) bond motifs is 2. The van der Waals surface area contributed by atoms with Crippen LogP contribution in [0.3, 0.4) is 0 Å². The standard InChI is InChI=1S/C16H13N3O4S/c20-16-13(6-9-8-18-15-11(9)2-1-5-17-15)12-7-10(24(21,22)23)3-4-14(12)19-16/h1-8,16,19-20H,(H,17,18)(H,21,22,23). The van der Waals surface area contributed by atoms with Crippen molar-refractivity contribution in [2.75, 3.05) is 5.32 Å². The number of nitrogens with zero attached hydrogens (tertiary/aromatic N) is 1. The zero-order valence-corrected chi connectivity index (χ0v) is 13.1. The Labute approximate surface area is 137 Å². The van der Waals surface area contributed by atoms with Gasteiger partial charge in [-0.25, -0.2) is 4.98 Å². The van der Waals surface area contributed by atoms with Crippen molar-refractivity contribution in [3.05, 3.63) is 53.9 Å². The molecule has 3 aromatic rings. The van der Waals surface area contributed by atoms with E-state index in [0.29, 0.717) is 16.8 Å². The predicted octanol–water partition coefficient (Wildman–Crippen LogP) is 2.09. The van der Waals surface area contributed by atoms with Gasteiger partial charge in [0, 0.05) is 40.2 Å². The van der Waals surface area contributed by atoms with E-state index in [4.69, 9.17) is 0 Å². The molecule has 1 atom stereocenters. The largest absolute Gasteiger partial charge is 0.369 e. The first kappa shape index (κ1) is 14.9. The van der Waals surface area contributed by atoms with Gasteiger partial charge in [0.15, 0.2) is 6.23 Å². The Balaban J connectivity index is 1.88. The molecule has 0 saturated carbocycles. The summed E-state index contributed by atoms with van der Waals surface area (Å²) in [5.74, 6) is 0. The third-order valence-corrected chi connectivity index (χ3v) is 4.83. The molecule has 122 valence electrons. The van der Waals surface area contributed by atoms with E-state index in [1.54, 1.807) is 18.5 Å². The number of aromatic nitrogens is 2. The number of aliphatic hydroxyl groups excluding tert-OH is 1. The number of aliphatic hydroxyl groups is 1. The van der Waals surface area contributed by atoms with Gasteiger partial charge in [0.2, 0.25) is 0 Å². The van der Waals surface area contributed by atoms with Crippen LogP contribution in [0.5, 0.6) is 0 Å². The van der Waals surface area contributed by atoms with E-state index in [9.17, 15) is 18.1 Å². The molecule has 2 aromatic heterocycles. The molecule has 0 aliphatic carbocycles. The van der Waals surface area contributed by atoms with Crippen LogP contribution in [0.25, 0.3) is 22.7 Å². The average molecular weight is 343 g/mol. The summed E-state index contributed by atoms with van der Waals surface area (Å²) in [6, 6.07) is 7.85. The van der Waals surface area contributed by atoms with Crippen molar-refractivity contribution in [2.24, 2.45) is 0 Å². The van der Waals surface area contributed by atoms with Crippen molar-refractivity contribution in [1.29, 1.82) is 0 Å². The van der Waals surface area contributed by atoms with Gasteiger partial charge in [0.25, 0.3) is 10.1 Å². The molecule has 24 heavy (non-hydrogen) atoms. The van der Waals surface area contributed by atoms with Crippen molar-refractivity contribution >= 4 is 38.5 Å². The Morgan fingerprint density at radius 3 is 2.88 bits per heavy atom. The van der Waals surface area contributed by atoms with Gasteiger partial charge in [-0.1, -0.05) is 0 Å². The highest BCUT2D eigenvalue weighted by molar-refractivity contribution is 7.85. The molecule has 4 rings (SSSR count). The zero-order valence-electron chi connectivity index (χ0n) is 12.3. The molecule has 0 amide bonds. The molecule has 1 unspecified atom stereocenters. The third kappa shape index (κ3) is 2.37. The molecule has 0 saturated heterocycles. The summed E-state index contributed by atoms with van der Waals surface area (Å²) in [4.78, 5) is 7.03. The quantitative estimate of drug-likeness (QED) is 0.530. The lowest BCUT2D eigenvalue weighted by molar-refractivity contribution is 0.266. The van der Waals surface area contributed by atoms with E-state index in [-0.39, 0.29) is 4.90 Å².